The predicted molar refractivity (Wildman–Crippen MR) is 72.5 cm³/mol. The molecule has 2 fully saturated rings. The summed E-state index contributed by atoms with van der Waals surface area (Å²) in [5.41, 5.74) is 5.55. The Kier molecular flexibility index (Phi) is 5.26. The SMILES string of the molecule is NCCCN1CCCN(C(=O)N2CCCC2)CC1. The van der Waals surface area contributed by atoms with Gasteiger partial charge < -0.3 is 20.4 Å². The van der Waals surface area contributed by atoms with Gasteiger partial charge in [-0.15, -0.1) is 0 Å². The highest BCUT2D eigenvalue weighted by Crippen LogP contribution is 2.12. The van der Waals surface area contributed by atoms with E-state index in [1.54, 1.807) is 0 Å². The van der Waals surface area contributed by atoms with Gasteiger partial charge in [0.1, 0.15) is 0 Å². The lowest BCUT2D eigenvalue weighted by atomic mass is 10.3. The van der Waals surface area contributed by atoms with E-state index in [1.165, 1.54) is 12.8 Å². The predicted octanol–water partition coefficient (Wildman–Crippen LogP) is 0.559. The molecule has 0 aromatic rings. The Balaban J connectivity index is 1.78. The van der Waals surface area contributed by atoms with E-state index < -0.39 is 0 Å². The highest BCUT2D eigenvalue weighted by molar-refractivity contribution is 5.74. The van der Waals surface area contributed by atoms with Crippen LogP contribution in [-0.2, 0) is 0 Å². The standard InChI is InChI=1S/C13H26N4O/c14-5-3-6-15-7-4-10-17(12-11-15)13(18)16-8-1-2-9-16/h1-12,14H2. The summed E-state index contributed by atoms with van der Waals surface area (Å²) in [5, 5.41) is 0. The molecule has 2 rings (SSSR count). The van der Waals surface area contributed by atoms with Crippen LogP contribution in [-0.4, -0.2) is 73.1 Å². The number of nitrogens with zero attached hydrogens (tertiary/aromatic N) is 3. The molecule has 2 N–H and O–H groups in total. The molecule has 18 heavy (non-hydrogen) atoms. The van der Waals surface area contributed by atoms with Crippen molar-refractivity contribution in [3.8, 4) is 0 Å². The number of carbonyl (C=O) groups excluding carboxylic acids is 1. The molecule has 104 valence electrons. The Bertz CT molecular complexity index is 266. The average molecular weight is 254 g/mol. The number of rotatable bonds is 3. The van der Waals surface area contributed by atoms with Crippen LogP contribution < -0.4 is 5.73 Å². The molecule has 5 heteroatoms. The molecule has 0 radical (unpaired) electrons. The summed E-state index contributed by atoms with van der Waals surface area (Å²) in [7, 11) is 0. The first-order chi connectivity index (χ1) is 8.81. The zero-order chi connectivity index (χ0) is 12.8. The van der Waals surface area contributed by atoms with Gasteiger partial charge in [-0.25, -0.2) is 4.79 Å². The molecular weight excluding hydrogens is 228 g/mol. The topological polar surface area (TPSA) is 52.8 Å². The van der Waals surface area contributed by atoms with Crippen molar-refractivity contribution in [2.24, 2.45) is 5.73 Å². The minimum absolute atomic E-state index is 0.258. The van der Waals surface area contributed by atoms with Gasteiger partial charge in [-0.1, -0.05) is 0 Å². The fourth-order valence-corrected chi connectivity index (χ4v) is 2.81. The lowest BCUT2D eigenvalue weighted by Gasteiger charge is -2.26. The van der Waals surface area contributed by atoms with Crippen molar-refractivity contribution in [3.05, 3.63) is 0 Å². The van der Waals surface area contributed by atoms with E-state index in [1.807, 2.05) is 9.80 Å². The van der Waals surface area contributed by atoms with E-state index >= 15 is 0 Å². The maximum atomic E-state index is 12.3. The molecule has 0 unspecified atom stereocenters. The van der Waals surface area contributed by atoms with Crippen LogP contribution in [0.3, 0.4) is 0 Å². The Morgan fingerprint density at radius 2 is 1.56 bits per heavy atom. The van der Waals surface area contributed by atoms with Crippen molar-refractivity contribution in [2.75, 3.05) is 52.4 Å². The zero-order valence-electron chi connectivity index (χ0n) is 11.3. The largest absolute Gasteiger partial charge is 0.330 e. The summed E-state index contributed by atoms with van der Waals surface area (Å²) in [6.45, 7) is 7.62. The van der Waals surface area contributed by atoms with Crippen molar-refractivity contribution >= 4 is 6.03 Å². The zero-order valence-corrected chi connectivity index (χ0v) is 11.3. The fraction of sp³-hybridized carbons (Fsp3) is 0.923. The Labute approximate surface area is 110 Å². The molecule has 0 saturated carbocycles. The van der Waals surface area contributed by atoms with E-state index in [4.69, 9.17) is 5.73 Å². The van der Waals surface area contributed by atoms with Gasteiger partial charge in [0.05, 0.1) is 0 Å². The number of hydrogen-bond acceptors (Lipinski definition) is 3. The van der Waals surface area contributed by atoms with E-state index in [0.717, 1.165) is 65.2 Å². The van der Waals surface area contributed by atoms with E-state index in [-0.39, 0.29) is 6.03 Å². The summed E-state index contributed by atoms with van der Waals surface area (Å²) in [5.74, 6) is 0. The summed E-state index contributed by atoms with van der Waals surface area (Å²) in [6.07, 6.45) is 4.48. The molecule has 0 bridgehead atoms. The third kappa shape index (κ3) is 3.59. The van der Waals surface area contributed by atoms with Crippen LogP contribution in [0.5, 0.6) is 0 Å². The highest BCUT2D eigenvalue weighted by atomic mass is 16.2. The maximum absolute atomic E-state index is 12.3. The number of likely N-dealkylation sites (tertiary alicyclic amines) is 1. The summed E-state index contributed by atoms with van der Waals surface area (Å²) in [6, 6.07) is 0.258. The molecular formula is C13H26N4O. The van der Waals surface area contributed by atoms with Crippen molar-refractivity contribution in [3.63, 3.8) is 0 Å². The van der Waals surface area contributed by atoms with Gasteiger partial charge in [0.15, 0.2) is 0 Å². The van der Waals surface area contributed by atoms with Crippen LogP contribution in [0.25, 0.3) is 0 Å². The molecule has 0 atom stereocenters. The van der Waals surface area contributed by atoms with Crippen LogP contribution in [0.1, 0.15) is 25.7 Å². The van der Waals surface area contributed by atoms with Crippen LogP contribution in [0.2, 0.25) is 0 Å². The smallest absolute Gasteiger partial charge is 0.320 e. The molecule has 2 saturated heterocycles. The first kappa shape index (κ1) is 13.6. The number of carbonyl (C=O) groups is 1. The van der Waals surface area contributed by atoms with E-state index in [2.05, 4.69) is 4.90 Å². The second-order valence-corrected chi connectivity index (χ2v) is 5.30. The summed E-state index contributed by atoms with van der Waals surface area (Å²) >= 11 is 0. The summed E-state index contributed by atoms with van der Waals surface area (Å²) in [4.78, 5) is 18.8. The molecule has 2 aliphatic heterocycles. The second kappa shape index (κ2) is 6.95. The Hall–Kier alpha value is -0.810. The number of amides is 2. The lowest BCUT2D eigenvalue weighted by molar-refractivity contribution is 0.163. The summed E-state index contributed by atoms with van der Waals surface area (Å²) < 4.78 is 0. The second-order valence-electron chi connectivity index (χ2n) is 5.30. The number of nitrogens with two attached hydrogens (primary N) is 1. The molecule has 2 heterocycles. The van der Waals surface area contributed by atoms with Crippen LogP contribution in [0.4, 0.5) is 4.79 Å². The van der Waals surface area contributed by atoms with Crippen molar-refractivity contribution in [1.82, 2.24) is 14.7 Å². The Morgan fingerprint density at radius 3 is 2.28 bits per heavy atom. The van der Waals surface area contributed by atoms with Gasteiger partial charge in [-0.05, 0) is 45.3 Å². The monoisotopic (exact) mass is 254 g/mol. The van der Waals surface area contributed by atoms with Crippen molar-refractivity contribution < 1.29 is 4.79 Å². The van der Waals surface area contributed by atoms with Gasteiger partial charge in [-0.3, -0.25) is 0 Å². The minimum Gasteiger partial charge on any atom is -0.330 e. The molecule has 0 spiro atoms. The van der Waals surface area contributed by atoms with Gasteiger partial charge in [-0.2, -0.15) is 0 Å². The first-order valence-electron chi connectivity index (χ1n) is 7.27. The highest BCUT2D eigenvalue weighted by Gasteiger charge is 2.25. The quantitative estimate of drug-likeness (QED) is 0.800. The third-order valence-electron chi connectivity index (χ3n) is 3.91. The van der Waals surface area contributed by atoms with Crippen LogP contribution >= 0.6 is 0 Å². The third-order valence-corrected chi connectivity index (χ3v) is 3.91. The fourth-order valence-electron chi connectivity index (χ4n) is 2.81. The van der Waals surface area contributed by atoms with Crippen molar-refractivity contribution in [2.45, 2.75) is 25.7 Å². The van der Waals surface area contributed by atoms with E-state index in [9.17, 15) is 4.79 Å². The van der Waals surface area contributed by atoms with Gasteiger partial charge in [0.25, 0.3) is 0 Å². The lowest BCUT2D eigenvalue weighted by Crippen LogP contribution is -2.43. The maximum Gasteiger partial charge on any atom is 0.320 e. The minimum atomic E-state index is 0.258. The molecule has 0 aromatic carbocycles. The average Bonchev–Trinajstić information content (AvgIpc) is 2.82. The number of hydrogen-bond donors (Lipinski definition) is 1. The van der Waals surface area contributed by atoms with Gasteiger partial charge in [0.2, 0.25) is 0 Å². The molecule has 0 aliphatic carbocycles. The molecule has 0 aromatic heterocycles. The van der Waals surface area contributed by atoms with Crippen LogP contribution in [0.15, 0.2) is 0 Å². The van der Waals surface area contributed by atoms with Crippen molar-refractivity contribution in [1.29, 1.82) is 0 Å². The van der Waals surface area contributed by atoms with Gasteiger partial charge >= 0.3 is 6.03 Å². The van der Waals surface area contributed by atoms with Crippen LogP contribution in [0, 0.1) is 0 Å². The number of urea groups is 1. The molecule has 2 amide bonds. The molecule has 5 nitrogen and oxygen atoms in total. The molecule has 2 aliphatic rings. The first-order valence-corrected chi connectivity index (χ1v) is 7.27. The van der Waals surface area contributed by atoms with E-state index in [0.29, 0.717) is 0 Å². The normalized spacial score (nSPS) is 22.3. The Morgan fingerprint density at radius 1 is 0.889 bits per heavy atom. The van der Waals surface area contributed by atoms with Gasteiger partial charge in [0, 0.05) is 32.7 Å².